The lowest BCUT2D eigenvalue weighted by Crippen LogP contribution is -2.40. The summed E-state index contributed by atoms with van der Waals surface area (Å²) in [4.78, 5) is 12.1. The first-order valence-electron chi connectivity index (χ1n) is 8.87. The third kappa shape index (κ3) is 6.01. The first-order valence-corrected chi connectivity index (χ1v) is 10.4. The van der Waals surface area contributed by atoms with Crippen LogP contribution in [-0.4, -0.2) is 32.5 Å². The molecule has 0 unspecified atom stereocenters. The number of carbonyl (C=O) groups is 1. The Bertz CT molecular complexity index is 665. The van der Waals surface area contributed by atoms with E-state index >= 15 is 0 Å². The summed E-state index contributed by atoms with van der Waals surface area (Å²) in [6.45, 7) is 5.42. The molecule has 1 aliphatic rings. The number of amides is 1. The van der Waals surface area contributed by atoms with Gasteiger partial charge in [0.1, 0.15) is 5.75 Å². The van der Waals surface area contributed by atoms with Gasteiger partial charge >= 0.3 is 0 Å². The quantitative estimate of drug-likeness (QED) is 0.775. The van der Waals surface area contributed by atoms with Gasteiger partial charge in [0.15, 0.2) is 6.10 Å². The van der Waals surface area contributed by atoms with Crippen molar-refractivity contribution in [3.05, 3.63) is 24.3 Å². The van der Waals surface area contributed by atoms with Gasteiger partial charge in [-0.05, 0) is 57.9 Å². The van der Waals surface area contributed by atoms with Crippen LogP contribution < -0.4 is 14.8 Å². The average Bonchev–Trinajstić information content (AvgIpc) is 2.55. The molecule has 2 rings (SSSR count). The van der Waals surface area contributed by atoms with Gasteiger partial charge in [-0.2, -0.15) is 0 Å². The molecule has 0 aliphatic heterocycles. The summed E-state index contributed by atoms with van der Waals surface area (Å²) in [5.74, 6) is 0.258. The molecule has 1 atom stereocenters. The van der Waals surface area contributed by atoms with Gasteiger partial charge in [-0.3, -0.25) is 4.79 Å². The highest BCUT2D eigenvalue weighted by molar-refractivity contribution is 7.89. The summed E-state index contributed by atoms with van der Waals surface area (Å²) in [6, 6.07) is 6.23. The number of benzene rings is 1. The highest BCUT2D eigenvalue weighted by Gasteiger charge is 2.22. The van der Waals surface area contributed by atoms with E-state index in [-0.39, 0.29) is 22.9 Å². The molecule has 0 radical (unpaired) electrons. The molecule has 2 N–H and O–H groups in total. The lowest BCUT2D eigenvalue weighted by atomic mass is 9.96. The third-order valence-electron chi connectivity index (χ3n) is 4.17. The summed E-state index contributed by atoms with van der Waals surface area (Å²) in [6.07, 6.45) is 4.44. The Hall–Kier alpha value is -1.60. The van der Waals surface area contributed by atoms with E-state index < -0.39 is 16.1 Å². The summed E-state index contributed by atoms with van der Waals surface area (Å²) in [7, 11) is -3.52. The third-order valence-corrected chi connectivity index (χ3v) is 5.71. The normalized spacial score (nSPS) is 17.3. The number of hydrogen-bond acceptors (Lipinski definition) is 4. The van der Waals surface area contributed by atoms with Crippen molar-refractivity contribution >= 4 is 15.9 Å². The molecule has 7 heteroatoms. The van der Waals surface area contributed by atoms with Gasteiger partial charge in [-0.15, -0.1) is 0 Å². The molecular weight excluding hydrogens is 340 g/mol. The zero-order valence-corrected chi connectivity index (χ0v) is 15.9. The minimum Gasteiger partial charge on any atom is -0.481 e. The first kappa shape index (κ1) is 19.7. The van der Waals surface area contributed by atoms with Gasteiger partial charge < -0.3 is 10.1 Å². The fourth-order valence-electron chi connectivity index (χ4n) is 2.86. The maximum Gasteiger partial charge on any atom is 0.260 e. The molecule has 140 valence electrons. The Balaban J connectivity index is 1.97. The van der Waals surface area contributed by atoms with Crippen molar-refractivity contribution in [1.29, 1.82) is 0 Å². The Morgan fingerprint density at radius 2 is 1.68 bits per heavy atom. The largest absolute Gasteiger partial charge is 0.481 e. The molecule has 1 aromatic carbocycles. The van der Waals surface area contributed by atoms with E-state index in [4.69, 9.17) is 4.74 Å². The Morgan fingerprint density at radius 3 is 2.24 bits per heavy atom. The summed E-state index contributed by atoms with van der Waals surface area (Å²) in [5, 5.41) is 2.77. The molecular formula is C18H28N2O4S. The van der Waals surface area contributed by atoms with Crippen molar-refractivity contribution in [1.82, 2.24) is 10.0 Å². The van der Waals surface area contributed by atoms with E-state index in [1.807, 2.05) is 13.8 Å². The molecule has 0 bridgehead atoms. The van der Waals surface area contributed by atoms with Crippen LogP contribution in [0.4, 0.5) is 0 Å². The number of nitrogens with one attached hydrogen (secondary N) is 2. The molecule has 1 amide bonds. The van der Waals surface area contributed by atoms with Crippen LogP contribution in [0.2, 0.25) is 0 Å². The molecule has 0 saturated heterocycles. The molecule has 0 spiro atoms. The molecule has 6 nitrogen and oxygen atoms in total. The average molecular weight is 368 g/mol. The Labute approximate surface area is 150 Å². The molecule has 1 aromatic rings. The minimum atomic E-state index is -3.52. The van der Waals surface area contributed by atoms with E-state index in [0.29, 0.717) is 5.75 Å². The van der Waals surface area contributed by atoms with Crippen LogP contribution in [0.1, 0.15) is 52.9 Å². The van der Waals surface area contributed by atoms with Crippen LogP contribution >= 0.6 is 0 Å². The minimum absolute atomic E-state index is 0.0226. The van der Waals surface area contributed by atoms with Gasteiger partial charge in [0.2, 0.25) is 10.0 Å². The Morgan fingerprint density at radius 1 is 1.08 bits per heavy atom. The highest BCUT2D eigenvalue weighted by atomic mass is 32.2. The van der Waals surface area contributed by atoms with E-state index in [2.05, 4.69) is 10.0 Å². The fraction of sp³-hybridized carbons (Fsp3) is 0.611. The number of sulfonamides is 1. The lowest BCUT2D eigenvalue weighted by Gasteiger charge is -2.22. The van der Waals surface area contributed by atoms with Crippen molar-refractivity contribution in [2.75, 3.05) is 0 Å². The summed E-state index contributed by atoms with van der Waals surface area (Å²) in [5.41, 5.74) is 0. The fourth-order valence-corrected chi connectivity index (χ4v) is 4.17. The molecule has 0 heterocycles. The van der Waals surface area contributed by atoms with Gasteiger partial charge in [0.05, 0.1) is 4.90 Å². The smallest absolute Gasteiger partial charge is 0.260 e. The SMILES string of the molecule is CC(C)NC(=O)[C@H](C)Oc1ccc(S(=O)(=O)NC2CCCCC2)cc1. The van der Waals surface area contributed by atoms with Crippen LogP contribution in [0.3, 0.4) is 0 Å². The van der Waals surface area contributed by atoms with E-state index in [1.165, 1.54) is 18.6 Å². The molecule has 1 aliphatic carbocycles. The number of ether oxygens (including phenoxy) is 1. The topological polar surface area (TPSA) is 84.5 Å². The van der Waals surface area contributed by atoms with Crippen molar-refractivity contribution in [3.8, 4) is 5.75 Å². The zero-order chi connectivity index (χ0) is 18.4. The van der Waals surface area contributed by atoms with E-state index in [1.54, 1.807) is 19.1 Å². The standard InChI is InChI=1S/C18H28N2O4S/c1-13(2)19-18(21)14(3)24-16-9-11-17(12-10-16)25(22,23)20-15-7-5-4-6-8-15/h9-15,20H,4-8H2,1-3H3,(H,19,21)/t14-/m0/s1. The lowest BCUT2D eigenvalue weighted by molar-refractivity contribution is -0.127. The molecule has 25 heavy (non-hydrogen) atoms. The molecule has 0 aromatic heterocycles. The second-order valence-corrected chi connectivity index (χ2v) is 8.56. The highest BCUT2D eigenvalue weighted by Crippen LogP contribution is 2.21. The molecule has 1 fully saturated rings. The van der Waals surface area contributed by atoms with E-state index in [0.717, 1.165) is 25.7 Å². The maximum atomic E-state index is 12.4. The maximum absolute atomic E-state index is 12.4. The van der Waals surface area contributed by atoms with Crippen LogP contribution in [0.25, 0.3) is 0 Å². The number of rotatable bonds is 7. The summed E-state index contributed by atoms with van der Waals surface area (Å²) >= 11 is 0. The monoisotopic (exact) mass is 368 g/mol. The van der Waals surface area contributed by atoms with Gasteiger partial charge in [0.25, 0.3) is 5.91 Å². The first-order chi connectivity index (χ1) is 11.8. The second-order valence-electron chi connectivity index (χ2n) is 6.85. The predicted octanol–water partition coefficient (Wildman–Crippen LogP) is 2.59. The van der Waals surface area contributed by atoms with Gasteiger partial charge in [-0.25, -0.2) is 13.1 Å². The van der Waals surface area contributed by atoms with Crippen molar-refractivity contribution in [2.24, 2.45) is 0 Å². The van der Waals surface area contributed by atoms with Crippen LogP contribution in [0.5, 0.6) is 5.75 Å². The van der Waals surface area contributed by atoms with Crippen LogP contribution in [0, 0.1) is 0 Å². The Kier molecular flexibility index (Phi) is 6.84. The van der Waals surface area contributed by atoms with E-state index in [9.17, 15) is 13.2 Å². The zero-order valence-electron chi connectivity index (χ0n) is 15.1. The van der Waals surface area contributed by atoms with Gasteiger partial charge in [0, 0.05) is 12.1 Å². The summed E-state index contributed by atoms with van der Waals surface area (Å²) < 4.78 is 33.2. The number of hydrogen-bond donors (Lipinski definition) is 2. The van der Waals surface area contributed by atoms with Crippen LogP contribution in [0.15, 0.2) is 29.2 Å². The van der Waals surface area contributed by atoms with Crippen LogP contribution in [-0.2, 0) is 14.8 Å². The van der Waals surface area contributed by atoms with Crippen molar-refractivity contribution < 1.29 is 17.9 Å². The van der Waals surface area contributed by atoms with Gasteiger partial charge in [-0.1, -0.05) is 19.3 Å². The number of carbonyl (C=O) groups excluding carboxylic acids is 1. The second kappa shape index (κ2) is 8.67. The van der Waals surface area contributed by atoms with Crippen molar-refractivity contribution in [3.63, 3.8) is 0 Å². The van der Waals surface area contributed by atoms with Crippen molar-refractivity contribution in [2.45, 2.75) is 76.0 Å². The molecule has 1 saturated carbocycles. The predicted molar refractivity (Wildman–Crippen MR) is 97.0 cm³/mol.